The highest BCUT2D eigenvalue weighted by atomic mass is 19.1. The summed E-state index contributed by atoms with van der Waals surface area (Å²) in [6.07, 6.45) is 5.20. The fraction of sp³-hybridized carbons (Fsp3) is 0.517. The zero-order valence-electron chi connectivity index (χ0n) is 23.2. The first kappa shape index (κ1) is 29.7. The van der Waals surface area contributed by atoms with Gasteiger partial charge in [0.25, 0.3) is 0 Å². The molecule has 0 amide bonds. The highest BCUT2D eigenvalue weighted by Crippen LogP contribution is 2.29. The van der Waals surface area contributed by atoms with Gasteiger partial charge in [0.2, 0.25) is 0 Å². The van der Waals surface area contributed by atoms with Crippen molar-refractivity contribution in [2.75, 3.05) is 34.5 Å². The third-order valence-electron chi connectivity index (χ3n) is 7.14. The van der Waals surface area contributed by atoms with E-state index >= 15 is 0 Å². The quantitative estimate of drug-likeness (QED) is 0.299. The van der Waals surface area contributed by atoms with Gasteiger partial charge >= 0.3 is 0 Å². The molecular formula is C29H42FN5O3. The molecule has 3 rings (SSSR count). The van der Waals surface area contributed by atoms with Crippen molar-refractivity contribution in [3.63, 3.8) is 0 Å². The smallest absolute Gasteiger partial charge is 0.159 e. The fourth-order valence-corrected chi connectivity index (χ4v) is 4.86. The number of benzene rings is 1. The summed E-state index contributed by atoms with van der Waals surface area (Å²) in [5.74, 6) is 0. The molecule has 0 radical (unpaired) electrons. The van der Waals surface area contributed by atoms with Crippen molar-refractivity contribution in [3.8, 4) is 11.1 Å². The van der Waals surface area contributed by atoms with Crippen LogP contribution in [0, 0.1) is 6.92 Å². The highest BCUT2D eigenvalue weighted by molar-refractivity contribution is 5.62. The summed E-state index contributed by atoms with van der Waals surface area (Å²) >= 11 is 0. The lowest BCUT2D eigenvalue weighted by Crippen LogP contribution is -2.44. The molecule has 1 fully saturated rings. The first-order valence-corrected chi connectivity index (χ1v) is 13.0. The Hall–Kier alpha value is -2.85. The average Bonchev–Trinajstić information content (AvgIpc) is 2.93. The zero-order chi connectivity index (χ0) is 27.7. The average molecular weight is 528 g/mol. The first-order valence-electron chi connectivity index (χ1n) is 13.0. The molecule has 1 aromatic carbocycles. The Labute approximate surface area is 226 Å². The second-order valence-electron chi connectivity index (χ2n) is 9.88. The van der Waals surface area contributed by atoms with Gasteiger partial charge in [-0.1, -0.05) is 30.3 Å². The van der Waals surface area contributed by atoms with Crippen LogP contribution < -0.4 is 5.73 Å². The van der Waals surface area contributed by atoms with E-state index in [1.165, 1.54) is 5.01 Å². The summed E-state index contributed by atoms with van der Waals surface area (Å²) in [6, 6.07) is 11.5. The van der Waals surface area contributed by atoms with Crippen molar-refractivity contribution >= 4 is 6.72 Å². The molecule has 0 aliphatic carbocycles. The molecule has 2 N–H and O–H groups in total. The van der Waals surface area contributed by atoms with Crippen LogP contribution in [0.4, 0.5) is 4.39 Å². The number of hydrazone groups is 1. The van der Waals surface area contributed by atoms with E-state index in [1.54, 1.807) is 20.4 Å². The summed E-state index contributed by atoms with van der Waals surface area (Å²) < 4.78 is 31.3. The lowest BCUT2D eigenvalue weighted by Gasteiger charge is -2.38. The van der Waals surface area contributed by atoms with Gasteiger partial charge in [-0.3, -0.25) is 9.99 Å². The molecule has 1 saturated heterocycles. The molecule has 5 atom stereocenters. The maximum absolute atomic E-state index is 14.4. The zero-order valence-corrected chi connectivity index (χ0v) is 23.2. The number of nitrogens with two attached hydrogens (primary N) is 1. The van der Waals surface area contributed by atoms with Gasteiger partial charge in [0, 0.05) is 75.7 Å². The van der Waals surface area contributed by atoms with Crippen molar-refractivity contribution in [3.05, 3.63) is 65.7 Å². The topological polar surface area (TPSA) is 85.4 Å². The summed E-state index contributed by atoms with van der Waals surface area (Å²) in [5, 5.41) is 5.54. The Morgan fingerprint density at radius 3 is 2.53 bits per heavy atom. The van der Waals surface area contributed by atoms with Gasteiger partial charge in [-0.15, -0.1) is 0 Å². The molecule has 1 aromatic heterocycles. The Kier molecular flexibility index (Phi) is 11.2. The number of hydrogen-bond acceptors (Lipinski definition) is 8. The molecule has 0 saturated carbocycles. The number of halogens is 1. The number of aryl methyl sites for hydroxylation is 1. The summed E-state index contributed by atoms with van der Waals surface area (Å²) in [5.41, 5.74) is 10.8. The van der Waals surface area contributed by atoms with Gasteiger partial charge in [0.1, 0.15) is 18.8 Å². The predicted octanol–water partition coefficient (Wildman–Crippen LogP) is 4.66. The standard InChI is InChI=1S/C29H42FN5O3/c1-20-7-8-24(18-33-20)22-9-11-23(12-10-22)29(37-6)27(17-30)35(32-3)19-25(31)13-14-34(4)26-15-21(2)38-28(16-26)36-5/h7-12,18-19,21,26-29H,3,13-17,31H2,1-2,4-6H3/b25-19-/t21-,26+,27-,28-,29-/m1/s1. The minimum atomic E-state index is -0.723. The summed E-state index contributed by atoms with van der Waals surface area (Å²) in [4.78, 5) is 6.63. The molecule has 0 unspecified atom stereocenters. The molecule has 0 bridgehead atoms. The van der Waals surface area contributed by atoms with Gasteiger partial charge < -0.3 is 24.8 Å². The molecule has 2 heterocycles. The van der Waals surface area contributed by atoms with Crippen LogP contribution in [0.15, 0.2) is 59.6 Å². The van der Waals surface area contributed by atoms with Crippen LogP contribution in [0.3, 0.4) is 0 Å². The number of aromatic nitrogens is 1. The Morgan fingerprint density at radius 2 is 1.95 bits per heavy atom. The van der Waals surface area contributed by atoms with E-state index in [1.807, 2.05) is 49.5 Å². The predicted molar refractivity (Wildman–Crippen MR) is 149 cm³/mol. The van der Waals surface area contributed by atoms with Gasteiger partial charge in [-0.05, 0) is 44.5 Å². The van der Waals surface area contributed by atoms with Crippen molar-refractivity contribution in [2.24, 2.45) is 10.8 Å². The first-order chi connectivity index (χ1) is 18.3. The van der Waals surface area contributed by atoms with Crippen molar-refractivity contribution < 1.29 is 18.6 Å². The molecule has 1 aliphatic heterocycles. The number of methoxy groups -OCH3 is 2. The van der Waals surface area contributed by atoms with Crippen molar-refractivity contribution in [1.82, 2.24) is 14.9 Å². The SMILES string of the molecule is C=NN(/C=C(\N)CCN(C)[C@@H]1C[C@H](OC)O[C@H](C)C1)[C@H](CF)[C@H](OC)c1ccc(-c2ccc(C)nc2)cc1. The number of pyridine rings is 1. The maximum atomic E-state index is 14.4. The van der Waals surface area contributed by atoms with Crippen LogP contribution in [0.2, 0.25) is 0 Å². The van der Waals surface area contributed by atoms with E-state index < -0.39 is 18.8 Å². The lowest BCUT2D eigenvalue weighted by atomic mass is 9.99. The molecule has 1 aliphatic rings. The molecule has 0 spiro atoms. The molecule has 9 heteroatoms. The number of nitrogens with zero attached hydrogens (tertiary/aromatic N) is 4. The fourth-order valence-electron chi connectivity index (χ4n) is 4.86. The normalized spacial score (nSPS) is 21.8. The van der Waals surface area contributed by atoms with Crippen LogP contribution in [-0.4, -0.2) is 80.6 Å². The highest BCUT2D eigenvalue weighted by Gasteiger charge is 2.30. The Balaban J connectivity index is 1.66. The number of hydrogen-bond donors (Lipinski definition) is 1. The van der Waals surface area contributed by atoms with E-state index in [0.29, 0.717) is 18.2 Å². The molecule has 38 heavy (non-hydrogen) atoms. The van der Waals surface area contributed by atoms with Crippen LogP contribution in [0.25, 0.3) is 11.1 Å². The van der Waals surface area contributed by atoms with E-state index in [4.69, 9.17) is 19.9 Å². The molecule has 208 valence electrons. The van der Waals surface area contributed by atoms with Crippen molar-refractivity contribution in [1.29, 1.82) is 0 Å². The second kappa shape index (κ2) is 14.3. The van der Waals surface area contributed by atoms with Gasteiger partial charge in [-0.25, -0.2) is 4.39 Å². The second-order valence-corrected chi connectivity index (χ2v) is 9.88. The van der Waals surface area contributed by atoms with Crippen LogP contribution in [0.5, 0.6) is 0 Å². The van der Waals surface area contributed by atoms with E-state index in [9.17, 15) is 4.39 Å². The minimum Gasteiger partial charge on any atom is -0.401 e. The van der Waals surface area contributed by atoms with Gasteiger partial charge in [0.05, 0.1) is 6.10 Å². The third kappa shape index (κ3) is 7.83. The molecule has 2 aromatic rings. The largest absolute Gasteiger partial charge is 0.401 e. The third-order valence-corrected chi connectivity index (χ3v) is 7.14. The van der Waals surface area contributed by atoms with E-state index in [0.717, 1.165) is 41.8 Å². The van der Waals surface area contributed by atoms with Crippen LogP contribution in [-0.2, 0) is 14.2 Å². The molecular weight excluding hydrogens is 485 g/mol. The van der Waals surface area contributed by atoms with Gasteiger partial charge in [0.15, 0.2) is 6.29 Å². The Morgan fingerprint density at radius 1 is 1.24 bits per heavy atom. The van der Waals surface area contributed by atoms with Crippen LogP contribution >= 0.6 is 0 Å². The number of ether oxygens (including phenoxy) is 3. The van der Waals surface area contributed by atoms with E-state index in [-0.39, 0.29) is 12.4 Å². The van der Waals surface area contributed by atoms with Gasteiger partial charge in [-0.2, -0.15) is 5.10 Å². The monoisotopic (exact) mass is 527 g/mol. The number of rotatable bonds is 13. The summed E-state index contributed by atoms with van der Waals surface area (Å²) in [7, 11) is 5.31. The minimum absolute atomic E-state index is 0.133. The van der Waals surface area contributed by atoms with Crippen LogP contribution in [0.1, 0.15) is 43.5 Å². The number of alkyl halides is 1. The maximum Gasteiger partial charge on any atom is 0.159 e. The Bertz CT molecular complexity index is 1030. The van der Waals surface area contributed by atoms with E-state index in [2.05, 4.69) is 35.7 Å². The summed E-state index contributed by atoms with van der Waals surface area (Å²) in [6.45, 7) is 7.72. The van der Waals surface area contributed by atoms with Crippen molar-refractivity contribution in [2.45, 2.75) is 63.7 Å². The molecule has 8 nitrogen and oxygen atoms in total. The lowest BCUT2D eigenvalue weighted by molar-refractivity contribution is -0.189.